The number of aromatic nitrogens is 1. The quantitative estimate of drug-likeness (QED) is 0.111. The molecule has 0 spiro atoms. The minimum Gasteiger partial charge on any atom is -0.543 e. The molecule has 1 aromatic heterocycles. The largest absolute Gasteiger partial charge is 1.00 e. The van der Waals surface area contributed by atoms with Gasteiger partial charge in [-0.05, 0) is 0 Å². The fraction of sp³-hybridized carbons (Fsp3) is 0.412. The van der Waals surface area contributed by atoms with Crippen LogP contribution in [0.3, 0.4) is 0 Å². The Hall–Kier alpha value is -1.78. The SMILES string of the molecule is Nc1nc(CO/N=C\C(=O)N[C@@H]2C(=O)N3C(C(=O)[O-])=C(SC4CCOC4=O)CS[C@@H]23)cs1.[Na+]. The van der Waals surface area contributed by atoms with E-state index in [1.165, 1.54) is 23.1 Å². The van der Waals surface area contributed by atoms with Crippen molar-refractivity contribution in [3.05, 3.63) is 21.7 Å². The van der Waals surface area contributed by atoms with Crippen LogP contribution in [0.2, 0.25) is 0 Å². The third-order valence-corrected chi connectivity index (χ3v) is 8.14. The first-order valence-electron chi connectivity index (χ1n) is 9.23. The standard InChI is InChI=1S/C17H17N5O7S3.Na/c18-17-20-7(5-31-17)4-29-19-3-10(23)21-11-13(24)22-12(15(25)26)9(6-30-14(11)22)32-8-1-2-28-16(8)27;/h3,5,8,11,14H,1-2,4,6H2,(H2,18,20)(H,21,23)(H,25,26);/q;+1/p-1/b19-3-;/t8?,11-,14+;/m1./s1. The first kappa shape index (κ1) is 25.8. The first-order valence-corrected chi connectivity index (χ1v) is 12.0. The number of carboxylic acids is 1. The molecule has 1 unspecified atom stereocenters. The van der Waals surface area contributed by atoms with E-state index >= 15 is 0 Å². The zero-order valence-corrected chi connectivity index (χ0v) is 21.7. The molecule has 2 fully saturated rings. The number of rotatable bonds is 8. The maximum absolute atomic E-state index is 12.6. The second-order valence-corrected chi connectivity index (χ2v) is 10.00. The van der Waals surface area contributed by atoms with Crippen LogP contribution in [0, 0.1) is 0 Å². The van der Waals surface area contributed by atoms with Crippen LogP contribution in [-0.4, -0.2) is 68.9 Å². The van der Waals surface area contributed by atoms with Crippen LogP contribution >= 0.6 is 34.9 Å². The molecule has 33 heavy (non-hydrogen) atoms. The monoisotopic (exact) mass is 521 g/mol. The smallest absolute Gasteiger partial charge is 0.543 e. The number of carboxylic acid groups (broad SMARTS) is 1. The normalized spacial score (nSPS) is 24.1. The molecule has 0 aromatic carbocycles. The number of β-lactam (4-membered cyclic amide) rings is 1. The third kappa shape index (κ3) is 5.66. The number of carbonyl (C=O) groups is 4. The van der Waals surface area contributed by atoms with Crippen LogP contribution in [0.4, 0.5) is 5.13 Å². The Morgan fingerprint density at radius 1 is 1.48 bits per heavy atom. The zero-order chi connectivity index (χ0) is 22.8. The molecule has 3 aliphatic rings. The van der Waals surface area contributed by atoms with E-state index in [0.29, 0.717) is 22.2 Å². The number of ether oxygens (including phenoxy) is 1. The van der Waals surface area contributed by atoms with Crippen LogP contribution in [-0.2, 0) is 35.4 Å². The maximum atomic E-state index is 12.6. The number of hydrogen-bond donors (Lipinski definition) is 2. The van der Waals surface area contributed by atoms with Crippen molar-refractivity contribution in [2.75, 3.05) is 18.1 Å². The van der Waals surface area contributed by atoms with Gasteiger partial charge in [-0.2, -0.15) is 0 Å². The van der Waals surface area contributed by atoms with Gasteiger partial charge >= 0.3 is 35.5 Å². The summed E-state index contributed by atoms with van der Waals surface area (Å²) in [6.45, 7) is 0.306. The summed E-state index contributed by atoms with van der Waals surface area (Å²) in [4.78, 5) is 58.5. The van der Waals surface area contributed by atoms with Crippen molar-refractivity contribution in [2.24, 2.45) is 5.16 Å². The Balaban J connectivity index is 0.00000306. The van der Waals surface area contributed by atoms with Crippen LogP contribution in [0.5, 0.6) is 0 Å². The number of nitrogen functional groups attached to an aromatic ring is 1. The van der Waals surface area contributed by atoms with Crippen molar-refractivity contribution >= 4 is 70.0 Å². The molecule has 4 rings (SSSR count). The summed E-state index contributed by atoms with van der Waals surface area (Å²) < 4.78 is 4.90. The number of esters is 1. The number of anilines is 1. The fourth-order valence-electron chi connectivity index (χ4n) is 3.20. The Morgan fingerprint density at radius 3 is 2.91 bits per heavy atom. The van der Waals surface area contributed by atoms with E-state index < -0.39 is 40.4 Å². The first-order chi connectivity index (χ1) is 15.3. The average molecular weight is 522 g/mol. The second-order valence-electron chi connectivity index (χ2n) is 6.70. The number of oxime groups is 1. The van der Waals surface area contributed by atoms with E-state index in [4.69, 9.17) is 15.3 Å². The molecule has 0 bridgehead atoms. The van der Waals surface area contributed by atoms with Gasteiger partial charge in [-0.1, -0.05) is 5.16 Å². The number of nitrogens with one attached hydrogen (secondary N) is 1. The summed E-state index contributed by atoms with van der Waals surface area (Å²) in [6, 6.07) is -0.922. The summed E-state index contributed by atoms with van der Waals surface area (Å²) in [7, 11) is 0. The topological polar surface area (TPSA) is 176 Å². The molecule has 3 aliphatic heterocycles. The number of cyclic esters (lactones) is 1. The van der Waals surface area contributed by atoms with Crippen molar-refractivity contribution < 1.29 is 63.4 Å². The van der Waals surface area contributed by atoms with Crippen molar-refractivity contribution in [1.82, 2.24) is 15.2 Å². The van der Waals surface area contributed by atoms with Gasteiger partial charge in [-0.25, -0.2) is 4.98 Å². The molecule has 1 aromatic rings. The van der Waals surface area contributed by atoms with E-state index in [1.54, 1.807) is 5.38 Å². The molecule has 12 nitrogen and oxygen atoms in total. The van der Waals surface area contributed by atoms with Gasteiger partial charge in [-0.15, -0.1) is 34.9 Å². The Morgan fingerprint density at radius 2 is 2.27 bits per heavy atom. The fourth-order valence-corrected chi connectivity index (χ4v) is 6.43. The van der Waals surface area contributed by atoms with Gasteiger partial charge in [0.2, 0.25) is 0 Å². The predicted octanol–water partition coefficient (Wildman–Crippen LogP) is -4.36. The molecule has 3 N–H and O–H groups in total. The van der Waals surface area contributed by atoms with E-state index in [-0.39, 0.29) is 54.2 Å². The molecule has 4 heterocycles. The number of hydrogen-bond acceptors (Lipinski definition) is 13. The van der Waals surface area contributed by atoms with Crippen molar-refractivity contribution in [3.8, 4) is 0 Å². The summed E-state index contributed by atoms with van der Waals surface area (Å²) in [5, 5.41) is 18.7. The minimum atomic E-state index is -1.51. The predicted molar refractivity (Wildman–Crippen MR) is 114 cm³/mol. The number of amides is 2. The van der Waals surface area contributed by atoms with Gasteiger partial charge in [0.05, 0.1) is 24.0 Å². The summed E-state index contributed by atoms with van der Waals surface area (Å²) >= 11 is 3.60. The van der Waals surface area contributed by atoms with Crippen LogP contribution in [0.1, 0.15) is 12.1 Å². The van der Waals surface area contributed by atoms with Gasteiger partial charge in [0.15, 0.2) is 11.7 Å². The number of nitrogens with two attached hydrogens (primary N) is 1. The van der Waals surface area contributed by atoms with Crippen molar-refractivity contribution in [2.45, 2.75) is 29.7 Å². The Kier molecular flexibility index (Phi) is 8.69. The molecule has 0 aliphatic carbocycles. The molecule has 0 radical (unpaired) electrons. The van der Waals surface area contributed by atoms with E-state index in [1.807, 2.05) is 0 Å². The van der Waals surface area contributed by atoms with Gasteiger partial charge in [-0.3, -0.25) is 19.3 Å². The summed E-state index contributed by atoms with van der Waals surface area (Å²) in [5.41, 5.74) is 5.80. The van der Waals surface area contributed by atoms with Crippen LogP contribution in [0.25, 0.3) is 0 Å². The molecular weight excluding hydrogens is 505 g/mol. The number of thiazole rings is 1. The van der Waals surface area contributed by atoms with E-state index in [0.717, 1.165) is 22.9 Å². The maximum Gasteiger partial charge on any atom is 1.00 e. The van der Waals surface area contributed by atoms with E-state index in [9.17, 15) is 24.3 Å². The Bertz CT molecular complexity index is 1030. The number of nitrogens with zero attached hydrogens (tertiary/aromatic N) is 3. The van der Waals surface area contributed by atoms with Crippen LogP contribution in [0.15, 0.2) is 21.1 Å². The van der Waals surface area contributed by atoms with E-state index in [2.05, 4.69) is 15.5 Å². The molecular formula is C17H16N5NaO7S3. The summed E-state index contributed by atoms with van der Waals surface area (Å²) in [6.07, 6.45) is 1.34. The van der Waals surface area contributed by atoms with Crippen molar-refractivity contribution in [1.29, 1.82) is 0 Å². The number of aliphatic carboxylic acids is 1. The number of thioether (sulfide) groups is 2. The minimum absolute atomic E-state index is 0. The molecule has 16 heteroatoms. The molecule has 0 saturated carbocycles. The second kappa shape index (κ2) is 11.1. The third-order valence-electron chi connectivity index (χ3n) is 4.62. The molecule has 3 atom stereocenters. The van der Waals surface area contributed by atoms with Gasteiger partial charge in [0.1, 0.15) is 22.9 Å². The van der Waals surface area contributed by atoms with Gasteiger partial charge in [0.25, 0.3) is 11.8 Å². The molecule has 170 valence electrons. The zero-order valence-electron chi connectivity index (χ0n) is 17.2. The van der Waals surface area contributed by atoms with Gasteiger partial charge in [0, 0.05) is 22.5 Å². The Labute approximate surface area is 222 Å². The molecule has 2 saturated heterocycles. The van der Waals surface area contributed by atoms with Crippen molar-refractivity contribution in [3.63, 3.8) is 0 Å². The number of carbonyl (C=O) groups excluding carboxylic acids is 4. The van der Waals surface area contributed by atoms with Gasteiger partial charge < -0.3 is 30.5 Å². The summed E-state index contributed by atoms with van der Waals surface area (Å²) in [5.74, 6) is -2.93. The molecule has 2 amide bonds. The average Bonchev–Trinajstić information content (AvgIpc) is 3.36. The number of fused-ring (bicyclic) bond motifs is 1. The van der Waals surface area contributed by atoms with Crippen LogP contribution < -0.4 is 45.7 Å².